The van der Waals surface area contributed by atoms with Gasteiger partial charge in [-0.25, -0.2) is 0 Å². The molecule has 0 aliphatic carbocycles. The van der Waals surface area contributed by atoms with Gasteiger partial charge in [-0.15, -0.1) is 0 Å². The summed E-state index contributed by atoms with van der Waals surface area (Å²) in [5.74, 6) is -0.969. The zero-order valence-corrected chi connectivity index (χ0v) is 6.28. The summed E-state index contributed by atoms with van der Waals surface area (Å²) in [5, 5.41) is 2.18. The van der Waals surface area contributed by atoms with Crippen molar-refractivity contribution in [1.29, 1.82) is 0 Å². The first-order chi connectivity index (χ1) is 5.79. The summed E-state index contributed by atoms with van der Waals surface area (Å²) in [6, 6.07) is 9.04. The van der Waals surface area contributed by atoms with Crippen LogP contribution in [0.4, 0.5) is 0 Å². The van der Waals surface area contributed by atoms with Crippen molar-refractivity contribution in [3.05, 3.63) is 35.9 Å². The van der Waals surface area contributed by atoms with Crippen LogP contribution in [0.3, 0.4) is 0 Å². The Bertz CT molecular complexity index is 318. The molecule has 1 saturated heterocycles. The SMILES string of the molecule is O=C1NC(=O)C1c1ccccc1. The van der Waals surface area contributed by atoms with Crippen LogP contribution < -0.4 is 5.32 Å². The summed E-state index contributed by atoms with van der Waals surface area (Å²) >= 11 is 0. The minimum absolute atomic E-state index is 0.203. The second-order valence-electron chi connectivity index (χ2n) is 2.70. The summed E-state index contributed by atoms with van der Waals surface area (Å²) in [7, 11) is 0. The lowest BCUT2D eigenvalue weighted by atomic mass is 9.92. The molecule has 0 saturated carbocycles. The van der Waals surface area contributed by atoms with E-state index in [-0.39, 0.29) is 11.8 Å². The van der Waals surface area contributed by atoms with Crippen molar-refractivity contribution in [2.45, 2.75) is 5.92 Å². The topological polar surface area (TPSA) is 46.2 Å². The predicted molar refractivity (Wildman–Crippen MR) is 42.3 cm³/mol. The van der Waals surface area contributed by atoms with Crippen LogP contribution in [-0.2, 0) is 9.59 Å². The molecule has 0 atom stereocenters. The average molecular weight is 161 g/mol. The van der Waals surface area contributed by atoms with Gasteiger partial charge in [0.2, 0.25) is 11.8 Å². The van der Waals surface area contributed by atoms with Gasteiger partial charge in [-0.2, -0.15) is 0 Å². The highest BCUT2D eigenvalue weighted by Crippen LogP contribution is 2.21. The highest BCUT2D eigenvalue weighted by molar-refractivity contribution is 6.22. The van der Waals surface area contributed by atoms with Gasteiger partial charge in [0, 0.05) is 0 Å². The van der Waals surface area contributed by atoms with E-state index in [2.05, 4.69) is 5.32 Å². The summed E-state index contributed by atoms with van der Waals surface area (Å²) in [6.07, 6.45) is 0. The third kappa shape index (κ3) is 0.906. The predicted octanol–water partition coefficient (Wildman–Crippen LogP) is 0.427. The number of hydrogen-bond donors (Lipinski definition) is 1. The number of rotatable bonds is 1. The molecule has 1 aliphatic heterocycles. The van der Waals surface area contributed by atoms with Crippen LogP contribution in [0.5, 0.6) is 0 Å². The molecule has 12 heavy (non-hydrogen) atoms. The van der Waals surface area contributed by atoms with Gasteiger partial charge in [0.25, 0.3) is 0 Å². The van der Waals surface area contributed by atoms with E-state index in [0.717, 1.165) is 5.56 Å². The Labute approximate surface area is 69.4 Å². The van der Waals surface area contributed by atoms with Gasteiger partial charge in [-0.3, -0.25) is 14.9 Å². The first-order valence-electron chi connectivity index (χ1n) is 3.68. The smallest absolute Gasteiger partial charge is 0.243 e. The lowest BCUT2D eigenvalue weighted by Gasteiger charge is -2.23. The molecule has 60 valence electrons. The van der Waals surface area contributed by atoms with Gasteiger partial charge >= 0.3 is 0 Å². The first kappa shape index (κ1) is 7.03. The second kappa shape index (κ2) is 2.44. The molecule has 1 aromatic rings. The van der Waals surface area contributed by atoms with Crippen LogP contribution >= 0.6 is 0 Å². The molecule has 3 nitrogen and oxygen atoms in total. The fourth-order valence-electron chi connectivity index (χ4n) is 1.26. The van der Waals surface area contributed by atoms with E-state index in [4.69, 9.17) is 0 Å². The van der Waals surface area contributed by atoms with Crippen LogP contribution in [0.15, 0.2) is 30.3 Å². The molecule has 2 rings (SSSR count). The molecule has 0 unspecified atom stereocenters. The molecule has 0 radical (unpaired) electrons. The number of benzene rings is 1. The van der Waals surface area contributed by atoms with E-state index in [1.165, 1.54) is 0 Å². The zero-order chi connectivity index (χ0) is 8.55. The van der Waals surface area contributed by atoms with Crippen molar-refractivity contribution >= 4 is 11.8 Å². The lowest BCUT2D eigenvalue weighted by molar-refractivity contribution is -0.143. The Kier molecular flexibility index (Phi) is 1.43. The summed E-state index contributed by atoms with van der Waals surface area (Å²) in [4.78, 5) is 21.8. The van der Waals surface area contributed by atoms with E-state index < -0.39 is 5.92 Å². The molecular formula is C9H7NO2. The number of nitrogens with one attached hydrogen (secondary N) is 1. The van der Waals surface area contributed by atoms with Crippen molar-refractivity contribution in [3.63, 3.8) is 0 Å². The number of hydrogen-bond acceptors (Lipinski definition) is 2. The Balaban J connectivity index is 2.32. The van der Waals surface area contributed by atoms with Crippen LogP contribution in [0, 0.1) is 0 Å². The molecular weight excluding hydrogens is 154 g/mol. The van der Waals surface area contributed by atoms with Crippen molar-refractivity contribution in [1.82, 2.24) is 5.32 Å². The lowest BCUT2D eigenvalue weighted by Crippen LogP contribution is -2.52. The number of β-lactam (4-membered cyclic amide) rings is 2. The molecule has 1 fully saturated rings. The minimum Gasteiger partial charge on any atom is -0.294 e. The van der Waals surface area contributed by atoms with Gasteiger partial charge in [-0.1, -0.05) is 30.3 Å². The molecule has 1 aliphatic rings. The maximum atomic E-state index is 10.9. The minimum atomic E-state index is -0.564. The summed E-state index contributed by atoms with van der Waals surface area (Å²) in [5.41, 5.74) is 0.770. The van der Waals surface area contributed by atoms with E-state index in [0.29, 0.717) is 0 Å². The quantitative estimate of drug-likeness (QED) is 0.479. The van der Waals surface area contributed by atoms with Crippen LogP contribution in [0.25, 0.3) is 0 Å². The maximum Gasteiger partial charge on any atom is 0.243 e. The Hall–Kier alpha value is -1.64. The van der Waals surface area contributed by atoms with E-state index >= 15 is 0 Å². The molecule has 2 amide bonds. The second-order valence-corrected chi connectivity index (χ2v) is 2.70. The van der Waals surface area contributed by atoms with E-state index in [9.17, 15) is 9.59 Å². The van der Waals surface area contributed by atoms with Crippen LogP contribution in [0.2, 0.25) is 0 Å². The van der Waals surface area contributed by atoms with E-state index in [1.54, 1.807) is 12.1 Å². The fourth-order valence-corrected chi connectivity index (χ4v) is 1.26. The molecule has 1 N–H and O–H groups in total. The van der Waals surface area contributed by atoms with Gasteiger partial charge in [0.15, 0.2) is 0 Å². The molecule has 0 bridgehead atoms. The van der Waals surface area contributed by atoms with Crippen molar-refractivity contribution in [2.24, 2.45) is 0 Å². The number of imide groups is 1. The van der Waals surface area contributed by atoms with Crippen molar-refractivity contribution in [2.75, 3.05) is 0 Å². The van der Waals surface area contributed by atoms with Gasteiger partial charge in [-0.05, 0) is 5.56 Å². The zero-order valence-electron chi connectivity index (χ0n) is 6.28. The third-order valence-corrected chi connectivity index (χ3v) is 1.90. The van der Waals surface area contributed by atoms with E-state index in [1.807, 2.05) is 18.2 Å². The van der Waals surface area contributed by atoms with Crippen LogP contribution in [-0.4, -0.2) is 11.8 Å². The molecule has 1 aromatic carbocycles. The summed E-state index contributed by atoms with van der Waals surface area (Å²) in [6.45, 7) is 0. The summed E-state index contributed by atoms with van der Waals surface area (Å²) < 4.78 is 0. The first-order valence-corrected chi connectivity index (χ1v) is 3.68. The normalized spacial score (nSPS) is 17.0. The number of carbonyl (C=O) groups is 2. The Morgan fingerprint density at radius 3 is 2.08 bits per heavy atom. The fraction of sp³-hybridized carbons (Fsp3) is 0.111. The van der Waals surface area contributed by atoms with Crippen LogP contribution in [0.1, 0.15) is 11.5 Å². The van der Waals surface area contributed by atoms with Crippen molar-refractivity contribution in [3.8, 4) is 0 Å². The number of amides is 2. The van der Waals surface area contributed by atoms with Crippen molar-refractivity contribution < 1.29 is 9.59 Å². The third-order valence-electron chi connectivity index (χ3n) is 1.90. The molecule has 0 spiro atoms. The highest BCUT2D eigenvalue weighted by atomic mass is 16.2. The largest absolute Gasteiger partial charge is 0.294 e. The molecule has 0 aromatic heterocycles. The highest BCUT2D eigenvalue weighted by Gasteiger charge is 2.38. The van der Waals surface area contributed by atoms with Gasteiger partial charge < -0.3 is 0 Å². The number of carbonyl (C=O) groups excluding carboxylic acids is 2. The maximum absolute atomic E-state index is 10.9. The Morgan fingerprint density at radius 1 is 1.00 bits per heavy atom. The molecule has 3 heteroatoms. The Morgan fingerprint density at radius 2 is 1.58 bits per heavy atom. The average Bonchev–Trinajstić information content (AvgIpc) is 2.05. The van der Waals surface area contributed by atoms with Gasteiger partial charge in [0.1, 0.15) is 5.92 Å². The monoisotopic (exact) mass is 161 g/mol. The van der Waals surface area contributed by atoms with Gasteiger partial charge in [0.05, 0.1) is 0 Å². The standard InChI is InChI=1S/C9H7NO2/c11-8-7(9(12)10-8)6-4-2-1-3-5-6/h1-5,7H,(H,10,11,12). The molecule has 1 heterocycles.